The van der Waals surface area contributed by atoms with Crippen LogP contribution in [-0.2, 0) is 18.8 Å². The van der Waals surface area contributed by atoms with Crippen LogP contribution in [0.4, 0.5) is 0 Å². The summed E-state index contributed by atoms with van der Waals surface area (Å²) >= 11 is 0. The molecule has 1 atom stereocenters. The number of hydrogen-bond acceptors (Lipinski definition) is 4. The van der Waals surface area contributed by atoms with E-state index in [0.29, 0.717) is 0 Å². The minimum Gasteiger partial charge on any atom is -0.458 e. The first-order valence-electron chi connectivity index (χ1n) is 8.78. The average Bonchev–Trinajstić information content (AvgIpc) is 2.60. The molecule has 5 heteroatoms. The first-order chi connectivity index (χ1) is 10.9. The maximum absolute atomic E-state index is 11.3. The molecule has 1 aliphatic carbocycles. The fourth-order valence-corrected chi connectivity index (χ4v) is 3.40. The SMILES string of the molecule is CC(=O)O[C@H]1CCC(C)(C)C(/C=C/B2OC(C)(C)C(C)(C)O2)=C1C. The van der Waals surface area contributed by atoms with Crippen molar-refractivity contribution in [2.75, 3.05) is 0 Å². The molecule has 1 saturated heterocycles. The van der Waals surface area contributed by atoms with Crippen LogP contribution in [0.2, 0.25) is 0 Å². The predicted molar refractivity (Wildman–Crippen MR) is 96.5 cm³/mol. The van der Waals surface area contributed by atoms with E-state index >= 15 is 0 Å². The molecular weight excluding hydrogens is 303 g/mol. The molecule has 0 bridgehead atoms. The Morgan fingerprint density at radius 1 is 1.17 bits per heavy atom. The highest BCUT2D eigenvalue weighted by Gasteiger charge is 2.50. The van der Waals surface area contributed by atoms with Gasteiger partial charge in [-0.05, 0) is 64.0 Å². The third kappa shape index (κ3) is 3.78. The minimum atomic E-state index is -0.361. The highest BCUT2D eigenvalue weighted by molar-refractivity contribution is 6.51. The summed E-state index contributed by atoms with van der Waals surface area (Å²) in [4.78, 5) is 11.3. The quantitative estimate of drug-likeness (QED) is 0.572. The lowest BCUT2D eigenvalue weighted by atomic mass is 9.70. The highest BCUT2D eigenvalue weighted by Crippen LogP contribution is 2.42. The lowest BCUT2D eigenvalue weighted by molar-refractivity contribution is -0.145. The molecule has 0 N–H and O–H groups in total. The summed E-state index contributed by atoms with van der Waals surface area (Å²) in [6.07, 6.45) is 3.80. The topological polar surface area (TPSA) is 44.8 Å². The fourth-order valence-electron chi connectivity index (χ4n) is 3.40. The molecule has 0 saturated carbocycles. The Morgan fingerprint density at radius 2 is 1.71 bits per heavy atom. The summed E-state index contributed by atoms with van der Waals surface area (Å²) < 4.78 is 17.5. The van der Waals surface area contributed by atoms with Crippen molar-refractivity contribution in [3.63, 3.8) is 0 Å². The van der Waals surface area contributed by atoms with Crippen LogP contribution in [0.1, 0.15) is 68.2 Å². The lowest BCUT2D eigenvalue weighted by Crippen LogP contribution is -2.41. The van der Waals surface area contributed by atoms with Gasteiger partial charge in [0.25, 0.3) is 0 Å². The highest BCUT2D eigenvalue weighted by atomic mass is 16.7. The van der Waals surface area contributed by atoms with Crippen molar-refractivity contribution in [2.24, 2.45) is 5.41 Å². The van der Waals surface area contributed by atoms with Crippen molar-refractivity contribution < 1.29 is 18.8 Å². The first kappa shape index (κ1) is 19.3. The number of esters is 1. The molecule has 1 heterocycles. The third-order valence-corrected chi connectivity index (χ3v) is 5.67. The van der Waals surface area contributed by atoms with Gasteiger partial charge in [-0.1, -0.05) is 25.9 Å². The van der Waals surface area contributed by atoms with Crippen LogP contribution in [0.5, 0.6) is 0 Å². The van der Waals surface area contributed by atoms with Gasteiger partial charge in [0.15, 0.2) is 0 Å². The predicted octanol–water partition coefficient (Wildman–Crippen LogP) is 4.24. The standard InChI is InChI=1S/C19H31BO4/c1-13-15(17(3,4)11-9-16(13)22-14(2)21)10-12-20-23-18(5,6)19(7,8)24-20/h10,12,16H,9,11H2,1-8H3/b12-10+/t16-/m0/s1. The number of hydrogen-bond donors (Lipinski definition) is 0. The zero-order chi connectivity index (χ0) is 18.3. The summed E-state index contributed by atoms with van der Waals surface area (Å²) in [5.74, 6) is 1.75. The molecule has 0 unspecified atom stereocenters. The number of rotatable bonds is 3. The molecule has 134 valence electrons. The van der Waals surface area contributed by atoms with E-state index in [9.17, 15) is 4.79 Å². The van der Waals surface area contributed by atoms with Crippen LogP contribution >= 0.6 is 0 Å². The molecule has 0 aromatic rings. The Kier molecular flexibility index (Phi) is 5.09. The van der Waals surface area contributed by atoms with Crippen LogP contribution in [-0.4, -0.2) is 30.4 Å². The van der Waals surface area contributed by atoms with E-state index in [4.69, 9.17) is 14.0 Å². The van der Waals surface area contributed by atoms with Crippen LogP contribution in [0.25, 0.3) is 0 Å². The average molecular weight is 334 g/mol. The summed E-state index contributed by atoms with van der Waals surface area (Å²) in [5.41, 5.74) is 1.69. The zero-order valence-electron chi connectivity index (χ0n) is 16.4. The Morgan fingerprint density at radius 3 is 2.21 bits per heavy atom. The number of carbonyl (C=O) groups is 1. The second kappa shape index (κ2) is 6.34. The normalized spacial score (nSPS) is 28.5. The molecule has 0 aromatic heterocycles. The van der Waals surface area contributed by atoms with Gasteiger partial charge in [-0.25, -0.2) is 0 Å². The molecular formula is C19H31BO4. The van der Waals surface area contributed by atoms with Crippen molar-refractivity contribution in [2.45, 2.75) is 85.5 Å². The van der Waals surface area contributed by atoms with Gasteiger partial charge >= 0.3 is 13.1 Å². The summed E-state index contributed by atoms with van der Waals surface area (Å²) in [5, 5.41) is 0. The summed E-state index contributed by atoms with van der Waals surface area (Å²) in [6.45, 7) is 16.2. The van der Waals surface area contributed by atoms with Crippen molar-refractivity contribution in [1.29, 1.82) is 0 Å². The van der Waals surface area contributed by atoms with Crippen molar-refractivity contribution in [3.8, 4) is 0 Å². The van der Waals surface area contributed by atoms with E-state index in [-0.39, 0.29) is 35.8 Å². The van der Waals surface area contributed by atoms with Gasteiger partial charge < -0.3 is 14.0 Å². The Labute approximate surface area is 146 Å². The number of carbonyl (C=O) groups excluding carboxylic acids is 1. The molecule has 1 aliphatic heterocycles. The maximum Gasteiger partial charge on any atom is 0.487 e. The zero-order valence-corrected chi connectivity index (χ0v) is 16.4. The lowest BCUT2D eigenvalue weighted by Gasteiger charge is -2.37. The van der Waals surface area contributed by atoms with Gasteiger partial charge in [0.2, 0.25) is 0 Å². The van der Waals surface area contributed by atoms with Crippen LogP contribution in [0.3, 0.4) is 0 Å². The second-order valence-corrected chi connectivity index (χ2v) is 8.60. The smallest absolute Gasteiger partial charge is 0.458 e. The van der Waals surface area contributed by atoms with E-state index < -0.39 is 0 Å². The van der Waals surface area contributed by atoms with E-state index in [1.807, 2.05) is 33.7 Å². The molecule has 2 rings (SSSR count). The number of ether oxygens (including phenoxy) is 1. The third-order valence-electron chi connectivity index (χ3n) is 5.67. The molecule has 0 aromatic carbocycles. The van der Waals surface area contributed by atoms with E-state index in [1.165, 1.54) is 12.5 Å². The minimum absolute atomic E-state index is 0.0425. The van der Waals surface area contributed by atoms with E-state index in [0.717, 1.165) is 18.4 Å². The first-order valence-corrected chi connectivity index (χ1v) is 8.78. The fraction of sp³-hybridized carbons (Fsp3) is 0.737. The van der Waals surface area contributed by atoms with Crippen LogP contribution in [0, 0.1) is 5.41 Å². The van der Waals surface area contributed by atoms with E-state index in [2.05, 4.69) is 26.8 Å². The van der Waals surface area contributed by atoms with Gasteiger partial charge in [-0.2, -0.15) is 0 Å². The molecule has 4 nitrogen and oxygen atoms in total. The van der Waals surface area contributed by atoms with Crippen molar-refractivity contribution in [3.05, 3.63) is 23.2 Å². The number of allylic oxidation sites excluding steroid dienone is 2. The summed E-state index contributed by atoms with van der Waals surface area (Å²) in [7, 11) is -0.361. The molecule has 0 radical (unpaired) electrons. The Hall–Kier alpha value is -1.07. The Bertz CT molecular complexity index is 556. The Balaban J connectivity index is 2.23. The van der Waals surface area contributed by atoms with Crippen LogP contribution < -0.4 is 0 Å². The monoisotopic (exact) mass is 334 g/mol. The van der Waals surface area contributed by atoms with Gasteiger partial charge in [0.1, 0.15) is 6.10 Å². The molecule has 2 aliphatic rings. The van der Waals surface area contributed by atoms with Gasteiger partial charge in [-0.3, -0.25) is 4.79 Å². The van der Waals surface area contributed by atoms with Gasteiger partial charge in [0.05, 0.1) is 11.2 Å². The second-order valence-electron chi connectivity index (χ2n) is 8.60. The molecule has 0 amide bonds. The van der Waals surface area contributed by atoms with E-state index in [1.54, 1.807) is 0 Å². The molecule has 24 heavy (non-hydrogen) atoms. The maximum atomic E-state index is 11.3. The van der Waals surface area contributed by atoms with Crippen molar-refractivity contribution >= 4 is 13.1 Å². The van der Waals surface area contributed by atoms with Crippen molar-refractivity contribution in [1.82, 2.24) is 0 Å². The van der Waals surface area contributed by atoms with Gasteiger partial charge in [-0.15, -0.1) is 0 Å². The molecule has 0 spiro atoms. The summed E-state index contributed by atoms with van der Waals surface area (Å²) in [6, 6.07) is 0. The van der Waals surface area contributed by atoms with Crippen LogP contribution in [0.15, 0.2) is 23.2 Å². The molecule has 1 fully saturated rings. The van der Waals surface area contributed by atoms with Gasteiger partial charge in [0, 0.05) is 6.92 Å². The largest absolute Gasteiger partial charge is 0.487 e.